The van der Waals surface area contributed by atoms with Crippen LogP contribution >= 0.6 is 0 Å². The van der Waals surface area contributed by atoms with Crippen LogP contribution in [0, 0.1) is 6.92 Å². The van der Waals surface area contributed by atoms with E-state index in [1.54, 1.807) is 0 Å². The molecule has 0 aromatic rings. The highest BCUT2D eigenvalue weighted by atomic mass is 16.1. The third kappa shape index (κ3) is 4.30. The van der Waals surface area contributed by atoms with Crippen LogP contribution in [0.3, 0.4) is 0 Å². The SMILES string of the molecule is [CH2]CCCC(=O)NC1CCCCC1. The van der Waals surface area contributed by atoms with Crippen LogP contribution in [0.5, 0.6) is 0 Å². The fourth-order valence-electron chi connectivity index (χ4n) is 1.83. The van der Waals surface area contributed by atoms with Crippen molar-refractivity contribution in [3.05, 3.63) is 6.92 Å². The van der Waals surface area contributed by atoms with Crippen molar-refractivity contribution in [2.24, 2.45) is 0 Å². The first-order valence-corrected chi connectivity index (χ1v) is 5.41. The van der Waals surface area contributed by atoms with Crippen LogP contribution in [-0.4, -0.2) is 11.9 Å². The first-order valence-electron chi connectivity index (χ1n) is 5.41. The van der Waals surface area contributed by atoms with Crippen LogP contribution in [0.25, 0.3) is 0 Å². The fourth-order valence-corrected chi connectivity index (χ4v) is 1.83. The summed E-state index contributed by atoms with van der Waals surface area (Å²) in [5.41, 5.74) is 0. The summed E-state index contributed by atoms with van der Waals surface area (Å²) in [7, 11) is 0. The summed E-state index contributed by atoms with van der Waals surface area (Å²) in [6.45, 7) is 3.72. The van der Waals surface area contributed by atoms with Gasteiger partial charge in [-0.3, -0.25) is 4.79 Å². The molecule has 2 heteroatoms. The summed E-state index contributed by atoms with van der Waals surface area (Å²) < 4.78 is 0. The molecule has 1 aliphatic rings. The van der Waals surface area contributed by atoms with Gasteiger partial charge in [0.15, 0.2) is 0 Å². The molecule has 1 fully saturated rings. The van der Waals surface area contributed by atoms with E-state index in [0.29, 0.717) is 12.5 Å². The van der Waals surface area contributed by atoms with Crippen molar-refractivity contribution >= 4 is 5.91 Å². The van der Waals surface area contributed by atoms with Crippen LogP contribution in [0.1, 0.15) is 51.4 Å². The zero-order valence-electron chi connectivity index (χ0n) is 8.35. The number of amides is 1. The van der Waals surface area contributed by atoms with Crippen molar-refractivity contribution in [2.45, 2.75) is 57.4 Å². The van der Waals surface area contributed by atoms with E-state index in [1.165, 1.54) is 32.1 Å². The normalized spacial score (nSPS) is 18.5. The van der Waals surface area contributed by atoms with Crippen molar-refractivity contribution < 1.29 is 4.79 Å². The number of hydrogen-bond acceptors (Lipinski definition) is 1. The molecule has 0 aromatic heterocycles. The molecule has 13 heavy (non-hydrogen) atoms. The topological polar surface area (TPSA) is 29.1 Å². The smallest absolute Gasteiger partial charge is 0.220 e. The van der Waals surface area contributed by atoms with Gasteiger partial charge in [-0.2, -0.15) is 0 Å². The molecule has 1 N–H and O–H groups in total. The van der Waals surface area contributed by atoms with Crippen molar-refractivity contribution in [1.82, 2.24) is 5.32 Å². The Morgan fingerprint density at radius 2 is 2.00 bits per heavy atom. The van der Waals surface area contributed by atoms with E-state index in [0.717, 1.165) is 12.8 Å². The molecule has 0 heterocycles. The van der Waals surface area contributed by atoms with E-state index in [4.69, 9.17) is 0 Å². The third-order valence-electron chi connectivity index (χ3n) is 2.62. The molecule has 0 bridgehead atoms. The zero-order chi connectivity index (χ0) is 9.52. The van der Waals surface area contributed by atoms with Crippen molar-refractivity contribution in [3.63, 3.8) is 0 Å². The van der Waals surface area contributed by atoms with E-state index >= 15 is 0 Å². The van der Waals surface area contributed by atoms with E-state index in [-0.39, 0.29) is 5.91 Å². The lowest BCUT2D eigenvalue weighted by atomic mass is 9.95. The van der Waals surface area contributed by atoms with Gasteiger partial charge in [-0.1, -0.05) is 32.6 Å². The highest BCUT2D eigenvalue weighted by Gasteiger charge is 2.14. The quantitative estimate of drug-likeness (QED) is 0.711. The second-order valence-corrected chi connectivity index (χ2v) is 3.86. The Balaban J connectivity index is 2.11. The summed E-state index contributed by atoms with van der Waals surface area (Å²) in [5, 5.41) is 3.09. The van der Waals surface area contributed by atoms with Crippen molar-refractivity contribution in [3.8, 4) is 0 Å². The predicted molar refractivity (Wildman–Crippen MR) is 54.2 cm³/mol. The van der Waals surface area contributed by atoms with Gasteiger partial charge in [0.2, 0.25) is 5.91 Å². The van der Waals surface area contributed by atoms with Gasteiger partial charge in [-0.25, -0.2) is 0 Å². The zero-order valence-corrected chi connectivity index (χ0v) is 8.35. The minimum Gasteiger partial charge on any atom is -0.353 e. The summed E-state index contributed by atoms with van der Waals surface area (Å²) >= 11 is 0. The average Bonchev–Trinajstić information content (AvgIpc) is 2.16. The lowest BCUT2D eigenvalue weighted by molar-refractivity contribution is -0.122. The van der Waals surface area contributed by atoms with Crippen molar-refractivity contribution in [1.29, 1.82) is 0 Å². The summed E-state index contributed by atoms with van der Waals surface area (Å²) in [6, 6.07) is 0.464. The molecule has 1 amide bonds. The maximum Gasteiger partial charge on any atom is 0.220 e. The molecule has 1 saturated carbocycles. The Labute approximate surface area is 81.1 Å². The Kier molecular flexibility index (Phi) is 4.87. The summed E-state index contributed by atoms with van der Waals surface area (Å²) in [4.78, 5) is 11.3. The minimum atomic E-state index is 0.218. The van der Waals surface area contributed by atoms with E-state index in [9.17, 15) is 4.79 Å². The summed E-state index contributed by atoms with van der Waals surface area (Å²) in [6.07, 6.45) is 8.68. The number of unbranched alkanes of at least 4 members (excludes halogenated alkanes) is 1. The molecule has 75 valence electrons. The predicted octanol–water partition coefficient (Wildman–Crippen LogP) is 2.44. The van der Waals surface area contributed by atoms with E-state index < -0.39 is 0 Å². The molecule has 0 spiro atoms. The van der Waals surface area contributed by atoms with E-state index in [1.807, 2.05) is 0 Å². The van der Waals surface area contributed by atoms with Gasteiger partial charge in [-0.05, 0) is 19.3 Å². The molecule has 2 nitrogen and oxygen atoms in total. The third-order valence-corrected chi connectivity index (χ3v) is 2.62. The first kappa shape index (κ1) is 10.6. The van der Waals surface area contributed by atoms with Crippen molar-refractivity contribution in [2.75, 3.05) is 0 Å². The number of hydrogen-bond donors (Lipinski definition) is 1. The highest BCUT2D eigenvalue weighted by Crippen LogP contribution is 2.17. The van der Waals surface area contributed by atoms with Gasteiger partial charge >= 0.3 is 0 Å². The first-order chi connectivity index (χ1) is 6.33. The standard InChI is InChI=1S/C11H20NO/c1-2-3-9-11(13)12-10-7-5-4-6-8-10/h10H,1-9H2,(H,12,13). The fraction of sp³-hybridized carbons (Fsp3) is 0.818. The lowest BCUT2D eigenvalue weighted by Crippen LogP contribution is -2.35. The summed E-state index contributed by atoms with van der Waals surface area (Å²) in [5.74, 6) is 0.218. The van der Waals surface area contributed by atoms with Crippen LogP contribution < -0.4 is 5.32 Å². The number of rotatable bonds is 4. The molecule has 0 atom stereocenters. The maximum absolute atomic E-state index is 11.3. The van der Waals surface area contributed by atoms with E-state index in [2.05, 4.69) is 12.2 Å². The Morgan fingerprint density at radius 3 is 2.62 bits per heavy atom. The Hall–Kier alpha value is -0.530. The lowest BCUT2D eigenvalue weighted by Gasteiger charge is -2.22. The average molecular weight is 182 g/mol. The van der Waals surface area contributed by atoms with Crippen LogP contribution in [0.15, 0.2) is 0 Å². The van der Waals surface area contributed by atoms with Gasteiger partial charge in [0.1, 0.15) is 0 Å². The van der Waals surface area contributed by atoms with Gasteiger partial charge in [0.25, 0.3) is 0 Å². The molecule has 0 aromatic carbocycles. The maximum atomic E-state index is 11.3. The number of carbonyl (C=O) groups is 1. The number of carbonyl (C=O) groups excluding carboxylic acids is 1. The highest BCUT2D eigenvalue weighted by molar-refractivity contribution is 5.76. The van der Waals surface area contributed by atoms with Crippen LogP contribution in [-0.2, 0) is 4.79 Å². The number of nitrogens with one attached hydrogen (secondary N) is 1. The molecule has 0 aliphatic heterocycles. The van der Waals surface area contributed by atoms with Gasteiger partial charge < -0.3 is 5.32 Å². The van der Waals surface area contributed by atoms with Crippen LogP contribution in [0.2, 0.25) is 0 Å². The Bertz CT molecular complexity index is 150. The molecular formula is C11H20NO. The molecular weight excluding hydrogens is 162 g/mol. The molecule has 1 radical (unpaired) electrons. The van der Waals surface area contributed by atoms with Gasteiger partial charge in [0.05, 0.1) is 0 Å². The second-order valence-electron chi connectivity index (χ2n) is 3.86. The molecule has 0 saturated heterocycles. The van der Waals surface area contributed by atoms with Gasteiger partial charge in [-0.15, -0.1) is 0 Å². The van der Waals surface area contributed by atoms with Crippen LogP contribution in [0.4, 0.5) is 0 Å². The minimum absolute atomic E-state index is 0.218. The molecule has 1 rings (SSSR count). The molecule has 1 aliphatic carbocycles. The second kappa shape index (κ2) is 6.01. The molecule has 0 unspecified atom stereocenters. The monoisotopic (exact) mass is 182 g/mol. The van der Waals surface area contributed by atoms with Gasteiger partial charge in [0, 0.05) is 12.5 Å². The largest absolute Gasteiger partial charge is 0.353 e. The Morgan fingerprint density at radius 1 is 1.31 bits per heavy atom.